The number of amides is 1. The van der Waals surface area contributed by atoms with Crippen molar-refractivity contribution in [3.05, 3.63) is 59.9 Å². The Morgan fingerprint density at radius 1 is 1.17 bits per heavy atom. The molecule has 1 aromatic carbocycles. The largest absolute Gasteiger partial charge is 0.489 e. The van der Waals surface area contributed by atoms with Crippen LogP contribution in [0.1, 0.15) is 11.1 Å². The lowest BCUT2D eigenvalue weighted by Gasteiger charge is -2.27. The molecule has 1 fully saturated rings. The number of carbonyl (C=O) groups is 1. The SMILES string of the molecule is O=C(Cc1cccc(OCc2cccnc2)c1)N1CCNCC1. The van der Waals surface area contributed by atoms with Crippen LogP contribution >= 0.6 is 0 Å². The summed E-state index contributed by atoms with van der Waals surface area (Å²) in [6.07, 6.45) is 3.95. The first-order valence-corrected chi connectivity index (χ1v) is 7.90. The van der Waals surface area contributed by atoms with Crippen LogP contribution in [0.15, 0.2) is 48.8 Å². The Kier molecular flexibility index (Phi) is 5.21. The molecule has 1 aromatic heterocycles. The molecule has 0 spiro atoms. The summed E-state index contributed by atoms with van der Waals surface area (Å²) in [6, 6.07) is 11.6. The van der Waals surface area contributed by atoms with Crippen LogP contribution in [0, 0.1) is 0 Å². The molecule has 1 N–H and O–H groups in total. The van der Waals surface area contributed by atoms with Crippen LogP contribution in [-0.2, 0) is 17.8 Å². The van der Waals surface area contributed by atoms with Crippen molar-refractivity contribution in [1.29, 1.82) is 0 Å². The highest BCUT2D eigenvalue weighted by molar-refractivity contribution is 5.79. The first-order valence-electron chi connectivity index (χ1n) is 7.90. The van der Waals surface area contributed by atoms with Crippen molar-refractivity contribution in [2.75, 3.05) is 26.2 Å². The Morgan fingerprint density at radius 3 is 2.78 bits per heavy atom. The van der Waals surface area contributed by atoms with Crippen molar-refractivity contribution in [2.24, 2.45) is 0 Å². The van der Waals surface area contributed by atoms with E-state index in [1.54, 1.807) is 12.4 Å². The summed E-state index contributed by atoms with van der Waals surface area (Å²) in [7, 11) is 0. The van der Waals surface area contributed by atoms with Gasteiger partial charge in [0.25, 0.3) is 0 Å². The highest BCUT2D eigenvalue weighted by Crippen LogP contribution is 2.16. The van der Waals surface area contributed by atoms with E-state index in [2.05, 4.69) is 10.3 Å². The Bertz CT molecular complexity index is 640. The fourth-order valence-electron chi connectivity index (χ4n) is 2.60. The number of hydrogen-bond acceptors (Lipinski definition) is 4. The molecule has 0 atom stereocenters. The van der Waals surface area contributed by atoms with E-state index in [4.69, 9.17) is 4.74 Å². The molecular formula is C18H21N3O2. The van der Waals surface area contributed by atoms with Crippen molar-refractivity contribution in [3.8, 4) is 5.75 Å². The molecule has 1 aliphatic rings. The van der Waals surface area contributed by atoms with Crippen molar-refractivity contribution in [2.45, 2.75) is 13.0 Å². The van der Waals surface area contributed by atoms with Crippen molar-refractivity contribution >= 4 is 5.91 Å². The Hall–Kier alpha value is -2.40. The molecule has 2 heterocycles. The minimum absolute atomic E-state index is 0.177. The maximum Gasteiger partial charge on any atom is 0.227 e. The van der Waals surface area contributed by atoms with Crippen LogP contribution < -0.4 is 10.1 Å². The second-order valence-corrected chi connectivity index (χ2v) is 5.60. The molecule has 5 heteroatoms. The number of ether oxygens (including phenoxy) is 1. The number of aromatic nitrogens is 1. The van der Waals surface area contributed by atoms with E-state index in [1.165, 1.54) is 0 Å². The van der Waals surface area contributed by atoms with Gasteiger partial charge in [-0.3, -0.25) is 9.78 Å². The average Bonchev–Trinajstić information content (AvgIpc) is 2.62. The zero-order valence-corrected chi connectivity index (χ0v) is 13.1. The van der Waals surface area contributed by atoms with E-state index in [1.807, 2.05) is 41.3 Å². The summed E-state index contributed by atoms with van der Waals surface area (Å²) in [4.78, 5) is 18.3. The number of piperazine rings is 1. The number of carbonyl (C=O) groups excluding carboxylic acids is 1. The number of hydrogen-bond donors (Lipinski definition) is 1. The lowest BCUT2D eigenvalue weighted by molar-refractivity contribution is -0.131. The monoisotopic (exact) mass is 311 g/mol. The zero-order valence-electron chi connectivity index (χ0n) is 13.1. The lowest BCUT2D eigenvalue weighted by atomic mass is 10.1. The molecule has 1 aliphatic heterocycles. The Morgan fingerprint density at radius 2 is 2.00 bits per heavy atom. The maximum absolute atomic E-state index is 12.3. The molecule has 120 valence electrons. The summed E-state index contributed by atoms with van der Waals surface area (Å²) in [5.74, 6) is 0.954. The Labute approximate surface area is 136 Å². The van der Waals surface area contributed by atoms with E-state index < -0.39 is 0 Å². The van der Waals surface area contributed by atoms with Crippen LogP contribution in [-0.4, -0.2) is 42.0 Å². The zero-order chi connectivity index (χ0) is 15.9. The number of nitrogens with zero attached hydrogens (tertiary/aromatic N) is 2. The van der Waals surface area contributed by atoms with Crippen molar-refractivity contribution in [3.63, 3.8) is 0 Å². The highest BCUT2D eigenvalue weighted by atomic mass is 16.5. The molecule has 3 rings (SSSR count). The molecule has 0 unspecified atom stereocenters. The predicted molar refractivity (Wildman–Crippen MR) is 88.2 cm³/mol. The van der Waals surface area contributed by atoms with Gasteiger partial charge in [0.05, 0.1) is 6.42 Å². The van der Waals surface area contributed by atoms with E-state index in [9.17, 15) is 4.79 Å². The third kappa shape index (κ3) is 4.53. The van der Waals surface area contributed by atoms with Crippen molar-refractivity contribution < 1.29 is 9.53 Å². The molecule has 0 bridgehead atoms. The fraction of sp³-hybridized carbons (Fsp3) is 0.333. The molecule has 0 aliphatic carbocycles. The predicted octanol–water partition coefficient (Wildman–Crippen LogP) is 1.63. The summed E-state index contributed by atoms with van der Waals surface area (Å²) in [5.41, 5.74) is 2.01. The normalized spacial score (nSPS) is 14.5. The van der Waals surface area contributed by atoms with E-state index >= 15 is 0 Å². The molecule has 23 heavy (non-hydrogen) atoms. The van der Waals surface area contributed by atoms with Gasteiger partial charge in [0.15, 0.2) is 0 Å². The quantitative estimate of drug-likeness (QED) is 0.912. The second kappa shape index (κ2) is 7.74. The standard InChI is InChI=1S/C18H21N3O2/c22-18(21-9-7-19-8-10-21)12-15-3-1-5-17(11-15)23-14-16-4-2-6-20-13-16/h1-6,11,13,19H,7-10,12,14H2. The van der Waals surface area contributed by atoms with Crippen LogP contribution in [0.4, 0.5) is 0 Å². The highest BCUT2D eigenvalue weighted by Gasteiger charge is 2.16. The first kappa shape index (κ1) is 15.5. The van der Waals surface area contributed by atoms with Gasteiger partial charge in [-0.25, -0.2) is 0 Å². The molecule has 5 nitrogen and oxygen atoms in total. The number of rotatable bonds is 5. The van der Waals surface area contributed by atoms with Crippen LogP contribution in [0.3, 0.4) is 0 Å². The summed E-state index contributed by atoms with van der Waals surface area (Å²) >= 11 is 0. The minimum Gasteiger partial charge on any atom is -0.489 e. The topological polar surface area (TPSA) is 54.5 Å². The van der Waals surface area contributed by atoms with Crippen molar-refractivity contribution in [1.82, 2.24) is 15.2 Å². The lowest BCUT2D eigenvalue weighted by Crippen LogP contribution is -2.46. The van der Waals surface area contributed by atoms with Gasteiger partial charge >= 0.3 is 0 Å². The van der Waals surface area contributed by atoms with Gasteiger partial charge in [-0.15, -0.1) is 0 Å². The molecule has 1 saturated heterocycles. The third-order valence-corrected chi connectivity index (χ3v) is 3.85. The second-order valence-electron chi connectivity index (χ2n) is 5.60. The van der Waals surface area contributed by atoms with Gasteiger partial charge in [-0.05, 0) is 23.8 Å². The molecule has 1 amide bonds. The summed E-state index contributed by atoms with van der Waals surface area (Å²) in [6.45, 7) is 3.80. The molecular weight excluding hydrogens is 290 g/mol. The van der Waals surface area contributed by atoms with Gasteiger partial charge in [-0.2, -0.15) is 0 Å². The molecule has 2 aromatic rings. The smallest absolute Gasteiger partial charge is 0.227 e. The van der Waals surface area contributed by atoms with Gasteiger partial charge in [0, 0.05) is 44.1 Å². The maximum atomic E-state index is 12.3. The van der Waals surface area contributed by atoms with Crippen LogP contribution in [0.2, 0.25) is 0 Å². The summed E-state index contributed by atoms with van der Waals surface area (Å²) in [5, 5.41) is 3.26. The first-order chi connectivity index (χ1) is 11.3. The van der Waals surface area contributed by atoms with Gasteiger partial charge in [-0.1, -0.05) is 18.2 Å². The minimum atomic E-state index is 0.177. The molecule has 0 radical (unpaired) electrons. The van der Waals surface area contributed by atoms with Gasteiger partial charge in [0.1, 0.15) is 12.4 Å². The Balaban J connectivity index is 1.57. The fourth-order valence-corrected chi connectivity index (χ4v) is 2.60. The average molecular weight is 311 g/mol. The number of pyridine rings is 1. The molecule has 0 saturated carbocycles. The number of benzene rings is 1. The summed E-state index contributed by atoms with van der Waals surface area (Å²) < 4.78 is 5.78. The van der Waals surface area contributed by atoms with Gasteiger partial charge in [0.2, 0.25) is 5.91 Å². The van der Waals surface area contributed by atoms with E-state index in [0.717, 1.165) is 43.1 Å². The van der Waals surface area contributed by atoms with Gasteiger partial charge < -0.3 is 15.0 Å². The van der Waals surface area contributed by atoms with Crippen LogP contribution in [0.25, 0.3) is 0 Å². The van der Waals surface area contributed by atoms with Crippen LogP contribution in [0.5, 0.6) is 5.75 Å². The number of nitrogens with one attached hydrogen (secondary N) is 1. The van der Waals surface area contributed by atoms with E-state index in [-0.39, 0.29) is 5.91 Å². The van der Waals surface area contributed by atoms with E-state index in [0.29, 0.717) is 13.0 Å². The third-order valence-electron chi connectivity index (χ3n) is 3.85.